The third-order valence-electron chi connectivity index (χ3n) is 1.27. The molecule has 0 atom stereocenters. The molecule has 1 fully saturated rings. The van der Waals surface area contributed by atoms with E-state index in [0.717, 1.165) is 24.1 Å². The summed E-state index contributed by atoms with van der Waals surface area (Å²) in [5, 5.41) is 0. The molecule has 0 saturated carbocycles. The van der Waals surface area contributed by atoms with Crippen LogP contribution in [0.5, 0.6) is 0 Å². The van der Waals surface area contributed by atoms with Crippen LogP contribution < -0.4 is 0 Å². The molecule has 1 saturated heterocycles. The van der Waals surface area contributed by atoms with E-state index in [-0.39, 0.29) is 0 Å². The first kappa shape index (κ1) is 9.71. The summed E-state index contributed by atoms with van der Waals surface area (Å²) in [6.45, 7) is 1.56. The van der Waals surface area contributed by atoms with Crippen molar-refractivity contribution in [2.45, 2.75) is 6.42 Å². The summed E-state index contributed by atoms with van der Waals surface area (Å²) < 4.78 is 1.13. The second-order valence-electron chi connectivity index (χ2n) is 2.29. The Hall–Kier alpha value is -0.380. The van der Waals surface area contributed by atoms with Crippen LogP contribution in [0.3, 0.4) is 0 Å². The first-order chi connectivity index (χ1) is 5.89. The van der Waals surface area contributed by atoms with Crippen molar-refractivity contribution in [1.29, 1.82) is 0 Å². The molecule has 0 bridgehead atoms. The topological polar surface area (TPSA) is 18.5 Å². The fourth-order valence-corrected chi connectivity index (χ4v) is 1.01. The molecule has 66 valence electrons. The van der Waals surface area contributed by atoms with E-state index in [2.05, 4.69) is 25.7 Å². The number of hydrogen-bond acceptors (Lipinski definition) is 2. The average molecular weight is 231 g/mol. The Morgan fingerprint density at radius 3 is 1.83 bits per heavy atom. The molecule has 0 aromatic heterocycles. The van der Waals surface area contributed by atoms with Crippen molar-refractivity contribution >= 4 is 15.9 Å². The summed E-state index contributed by atoms with van der Waals surface area (Å²) in [5.41, 5.74) is 0. The zero-order valence-corrected chi connectivity index (χ0v) is 8.29. The van der Waals surface area contributed by atoms with E-state index in [4.69, 9.17) is 0 Å². The van der Waals surface area contributed by atoms with Crippen LogP contribution in [-0.4, -0.2) is 13.2 Å². The highest BCUT2D eigenvalue weighted by atomic mass is 79.9. The van der Waals surface area contributed by atoms with E-state index in [0.29, 0.717) is 0 Å². The SMILES string of the molecule is Brc1ccccc1.C1COOC1. The molecule has 1 aliphatic heterocycles. The predicted molar refractivity (Wildman–Crippen MR) is 50.7 cm³/mol. The second-order valence-corrected chi connectivity index (χ2v) is 3.21. The molecule has 1 heterocycles. The molecule has 1 aromatic carbocycles. The summed E-state index contributed by atoms with van der Waals surface area (Å²) in [7, 11) is 0. The Labute approximate surface area is 80.6 Å². The minimum Gasteiger partial charge on any atom is -0.237 e. The third kappa shape index (κ3) is 4.49. The molecule has 0 spiro atoms. The van der Waals surface area contributed by atoms with Crippen molar-refractivity contribution in [3.63, 3.8) is 0 Å². The summed E-state index contributed by atoms with van der Waals surface area (Å²) in [6, 6.07) is 9.97. The van der Waals surface area contributed by atoms with E-state index in [9.17, 15) is 0 Å². The van der Waals surface area contributed by atoms with E-state index in [1.165, 1.54) is 0 Å². The van der Waals surface area contributed by atoms with Gasteiger partial charge in [-0.2, -0.15) is 0 Å². The van der Waals surface area contributed by atoms with E-state index < -0.39 is 0 Å². The minimum absolute atomic E-state index is 0.778. The van der Waals surface area contributed by atoms with Crippen LogP contribution in [-0.2, 0) is 9.78 Å². The van der Waals surface area contributed by atoms with Gasteiger partial charge in [0.15, 0.2) is 0 Å². The van der Waals surface area contributed by atoms with Crippen molar-refractivity contribution in [1.82, 2.24) is 0 Å². The van der Waals surface area contributed by atoms with Crippen molar-refractivity contribution in [3.8, 4) is 0 Å². The Bertz CT molecular complexity index is 189. The smallest absolute Gasteiger partial charge is 0.0845 e. The predicted octanol–water partition coefficient (Wildman–Crippen LogP) is 2.79. The average Bonchev–Trinajstić information content (AvgIpc) is 2.62. The summed E-state index contributed by atoms with van der Waals surface area (Å²) >= 11 is 3.31. The Morgan fingerprint density at radius 1 is 1.00 bits per heavy atom. The van der Waals surface area contributed by atoms with E-state index in [1.807, 2.05) is 30.3 Å². The number of halogens is 1. The van der Waals surface area contributed by atoms with Crippen LogP contribution in [0.4, 0.5) is 0 Å². The minimum atomic E-state index is 0.778. The van der Waals surface area contributed by atoms with Crippen LogP contribution in [0.1, 0.15) is 6.42 Å². The van der Waals surface area contributed by atoms with E-state index >= 15 is 0 Å². The van der Waals surface area contributed by atoms with Gasteiger partial charge < -0.3 is 0 Å². The van der Waals surface area contributed by atoms with Gasteiger partial charge in [0.2, 0.25) is 0 Å². The lowest BCUT2D eigenvalue weighted by molar-refractivity contribution is -0.248. The summed E-state index contributed by atoms with van der Waals surface area (Å²) in [4.78, 5) is 8.89. The number of benzene rings is 1. The van der Waals surface area contributed by atoms with Gasteiger partial charge in [0.05, 0.1) is 13.2 Å². The first-order valence-electron chi connectivity index (χ1n) is 3.84. The first-order valence-corrected chi connectivity index (χ1v) is 4.64. The standard InChI is InChI=1S/C6H5Br.C3H6O2/c7-6-4-2-1-3-5-6;1-2-4-5-3-1/h1-5H;1-3H2. The van der Waals surface area contributed by atoms with Crippen LogP contribution in [0, 0.1) is 0 Å². The molecule has 0 unspecified atom stereocenters. The number of hydrogen-bond donors (Lipinski definition) is 0. The summed E-state index contributed by atoms with van der Waals surface area (Å²) in [6.07, 6.45) is 1.06. The normalized spacial score (nSPS) is 15.1. The monoisotopic (exact) mass is 230 g/mol. The van der Waals surface area contributed by atoms with Crippen LogP contribution in [0.25, 0.3) is 0 Å². The lowest BCUT2D eigenvalue weighted by atomic mass is 10.4. The molecule has 0 radical (unpaired) electrons. The van der Waals surface area contributed by atoms with Gasteiger partial charge in [-0.25, -0.2) is 9.78 Å². The molecule has 12 heavy (non-hydrogen) atoms. The lowest BCUT2D eigenvalue weighted by Crippen LogP contribution is -1.72. The maximum absolute atomic E-state index is 4.44. The quantitative estimate of drug-likeness (QED) is 0.639. The van der Waals surface area contributed by atoms with Crippen molar-refractivity contribution in [2.75, 3.05) is 13.2 Å². The molecular formula is C9H11BrO2. The maximum atomic E-state index is 4.44. The Morgan fingerprint density at radius 2 is 1.58 bits per heavy atom. The largest absolute Gasteiger partial charge is 0.237 e. The Kier molecular flexibility index (Phi) is 4.99. The van der Waals surface area contributed by atoms with E-state index in [1.54, 1.807) is 0 Å². The van der Waals surface area contributed by atoms with Gasteiger partial charge in [-0.15, -0.1) is 0 Å². The zero-order chi connectivity index (χ0) is 8.65. The van der Waals surface area contributed by atoms with Gasteiger partial charge in [-0.3, -0.25) is 0 Å². The molecule has 1 aliphatic rings. The van der Waals surface area contributed by atoms with Crippen molar-refractivity contribution in [3.05, 3.63) is 34.8 Å². The molecule has 2 rings (SSSR count). The molecule has 0 N–H and O–H groups in total. The Balaban J connectivity index is 0.000000127. The second kappa shape index (κ2) is 6.17. The van der Waals surface area contributed by atoms with Crippen LogP contribution in [0.2, 0.25) is 0 Å². The summed E-state index contributed by atoms with van der Waals surface area (Å²) in [5.74, 6) is 0. The van der Waals surface area contributed by atoms with Crippen LogP contribution in [0.15, 0.2) is 34.8 Å². The molecule has 0 amide bonds. The van der Waals surface area contributed by atoms with Gasteiger partial charge in [-0.05, 0) is 12.1 Å². The van der Waals surface area contributed by atoms with Crippen molar-refractivity contribution < 1.29 is 9.78 Å². The zero-order valence-electron chi connectivity index (χ0n) is 6.70. The third-order valence-corrected chi connectivity index (χ3v) is 1.80. The van der Waals surface area contributed by atoms with Gasteiger partial charge in [0.25, 0.3) is 0 Å². The maximum Gasteiger partial charge on any atom is 0.0845 e. The fraction of sp³-hybridized carbons (Fsp3) is 0.333. The highest BCUT2D eigenvalue weighted by molar-refractivity contribution is 9.10. The van der Waals surface area contributed by atoms with Gasteiger partial charge in [0, 0.05) is 10.9 Å². The highest BCUT2D eigenvalue weighted by Gasteiger charge is 1.95. The fourth-order valence-electron chi connectivity index (χ4n) is 0.709. The molecule has 2 nitrogen and oxygen atoms in total. The van der Waals surface area contributed by atoms with Gasteiger partial charge >= 0.3 is 0 Å². The lowest BCUT2D eigenvalue weighted by Gasteiger charge is -1.80. The van der Waals surface area contributed by atoms with Gasteiger partial charge in [0.1, 0.15) is 0 Å². The molecule has 0 aliphatic carbocycles. The van der Waals surface area contributed by atoms with Crippen LogP contribution >= 0.6 is 15.9 Å². The highest BCUT2D eigenvalue weighted by Crippen LogP contribution is 2.05. The number of rotatable bonds is 0. The van der Waals surface area contributed by atoms with Gasteiger partial charge in [-0.1, -0.05) is 34.1 Å². The molecule has 1 aromatic rings. The molecular weight excluding hydrogens is 220 g/mol. The van der Waals surface area contributed by atoms with Crippen molar-refractivity contribution in [2.24, 2.45) is 0 Å². The molecule has 3 heteroatoms.